The second kappa shape index (κ2) is 14.0. The number of esters is 1. The Morgan fingerprint density at radius 1 is 1.03 bits per heavy atom. The molecule has 1 aromatic carbocycles. The molecule has 3 nitrogen and oxygen atoms in total. The van der Waals surface area contributed by atoms with Crippen LogP contribution in [0.4, 0.5) is 0 Å². The Morgan fingerprint density at radius 2 is 1.65 bits per heavy atom. The molecule has 0 bridgehead atoms. The molecular formula is C31H50O3. The van der Waals surface area contributed by atoms with Crippen LogP contribution in [0.2, 0.25) is 0 Å². The van der Waals surface area contributed by atoms with Gasteiger partial charge in [0.1, 0.15) is 11.4 Å². The number of methoxy groups -OCH3 is 1. The van der Waals surface area contributed by atoms with Crippen molar-refractivity contribution in [3.05, 3.63) is 34.9 Å². The van der Waals surface area contributed by atoms with Crippen molar-refractivity contribution in [2.24, 2.45) is 17.8 Å². The maximum absolute atomic E-state index is 11.4. The zero-order valence-electron chi connectivity index (χ0n) is 23.0. The van der Waals surface area contributed by atoms with Crippen molar-refractivity contribution in [2.75, 3.05) is 7.11 Å². The molecule has 0 unspecified atom stereocenters. The summed E-state index contributed by atoms with van der Waals surface area (Å²) in [6.07, 6.45) is 17.3. The van der Waals surface area contributed by atoms with Crippen molar-refractivity contribution in [1.29, 1.82) is 0 Å². The van der Waals surface area contributed by atoms with E-state index < -0.39 is 0 Å². The molecule has 0 saturated heterocycles. The molecule has 0 spiro atoms. The molecule has 1 aliphatic rings. The molecule has 3 heteroatoms. The van der Waals surface area contributed by atoms with Crippen LogP contribution in [-0.2, 0) is 16.0 Å². The van der Waals surface area contributed by atoms with Crippen molar-refractivity contribution in [1.82, 2.24) is 0 Å². The van der Waals surface area contributed by atoms with Gasteiger partial charge < -0.3 is 9.47 Å². The fraction of sp³-hybridized carbons (Fsp3) is 0.710. The van der Waals surface area contributed by atoms with E-state index in [9.17, 15) is 4.79 Å². The van der Waals surface area contributed by atoms with Gasteiger partial charge in [-0.05, 0) is 92.2 Å². The maximum Gasteiger partial charge on any atom is 0.330 e. The van der Waals surface area contributed by atoms with Crippen LogP contribution in [-0.4, -0.2) is 18.7 Å². The highest BCUT2D eigenvalue weighted by atomic mass is 16.5. The number of carbonyl (C=O) groups excluding carboxylic acids is 1. The van der Waals surface area contributed by atoms with Crippen LogP contribution in [0.25, 0.3) is 6.08 Å². The van der Waals surface area contributed by atoms with Gasteiger partial charge >= 0.3 is 5.97 Å². The Labute approximate surface area is 209 Å². The standard InChI is InChI=1S/C31H50O3/c1-23(2)11-8-12-24(3)13-9-14-25(4)15-10-19-31(6)20-18-28-22-27(16-17-29(32)33-7)21-26(5)30(28)34-31/h16-17,21-25H,8-15,18-20H2,1-7H3/b17-16+/t24-,25-,31-/m1/s1. The third-order valence-corrected chi connectivity index (χ3v) is 7.53. The van der Waals surface area contributed by atoms with Crippen LogP contribution in [0.3, 0.4) is 0 Å². The monoisotopic (exact) mass is 470 g/mol. The first-order chi connectivity index (χ1) is 16.1. The molecule has 0 fully saturated rings. The van der Waals surface area contributed by atoms with Crippen LogP contribution < -0.4 is 4.74 Å². The van der Waals surface area contributed by atoms with E-state index in [0.29, 0.717) is 0 Å². The molecular weight excluding hydrogens is 420 g/mol. The quantitative estimate of drug-likeness (QED) is 0.201. The van der Waals surface area contributed by atoms with E-state index in [1.807, 2.05) is 6.08 Å². The number of aryl methyl sites for hydroxylation is 2. The van der Waals surface area contributed by atoms with Crippen molar-refractivity contribution >= 4 is 12.0 Å². The third kappa shape index (κ3) is 9.84. The zero-order valence-corrected chi connectivity index (χ0v) is 23.0. The molecule has 0 aromatic heterocycles. The lowest BCUT2D eigenvalue weighted by Crippen LogP contribution is -2.36. The van der Waals surface area contributed by atoms with Crippen LogP contribution in [0.15, 0.2) is 18.2 Å². The highest BCUT2D eigenvalue weighted by Gasteiger charge is 2.32. The van der Waals surface area contributed by atoms with Gasteiger partial charge in [0.2, 0.25) is 0 Å². The SMILES string of the molecule is COC(=O)/C=C/c1cc(C)c2c(c1)CC[C@@](C)(CCC[C@H](C)CCC[C@H](C)CCCC(C)C)O2. The second-order valence-corrected chi connectivity index (χ2v) is 11.6. The molecule has 0 radical (unpaired) electrons. The van der Waals surface area contributed by atoms with Gasteiger partial charge in [0.05, 0.1) is 7.11 Å². The maximum atomic E-state index is 11.4. The van der Waals surface area contributed by atoms with E-state index >= 15 is 0 Å². The van der Waals surface area contributed by atoms with Crippen molar-refractivity contribution < 1.29 is 14.3 Å². The van der Waals surface area contributed by atoms with Gasteiger partial charge in [0.25, 0.3) is 0 Å². The molecule has 3 atom stereocenters. The smallest absolute Gasteiger partial charge is 0.330 e. The predicted molar refractivity (Wildman–Crippen MR) is 144 cm³/mol. The molecule has 2 rings (SSSR count). The molecule has 1 heterocycles. The number of hydrogen-bond donors (Lipinski definition) is 0. The Kier molecular flexibility index (Phi) is 11.7. The highest BCUT2D eigenvalue weighted by molar-refractivity contribution is 5.87. The van der Waals surface area contributed by atoms with Crippen LogP contribution >= 0.6 is 0 Å². The number of ether oxygens (including phenoxy) is 2. The van der Waals surface area contributed by atoms with E-state index in [1.54, 1.807) is 0 Å². The van der Waals surface area contributed by atoms with E-state index in [2.05, 4.69) is 53.7 Å². The van der Waals surface area contributed by atoms with Crippen LogP contribution in [0.1, 0.15) is 116 Å². The predicted octanol–water partition coefficient (Wildman–Crippen LogP) is 8.70. The largest absolute Gasteiger partial charge is 0.487 e. The summed E-state index contributed by atoms with van der Waals surface area (Å²) in [5, 5.41) is 0. The molecule has 1 aromatic rings. The van der Waals surface area contributed by atoms with Gasteiger partial charge in [0, 0.05) is 6.08 Å². The minimum absolute atomic E-state index is 0.0776. The van der Waals surface area contributed by atoms with Gasteiger partial charge in [0.15, 0.2) is 0 Å². The lowest BCUT2D eigenvalue weighted by Gasteiger charge is -2.37. The summed E-state index contributed by atoms with van der Waals surface area (Å²) < 4.78 is 11.3. The summed E-state index contributed by atoms with van der Waals surface area (Å²) in [7, 11) is 1.40. The number of hydrogen-bond acceptors (Lipinski definition) is 3. The van der Waals surface area contributed by atoms with Crippen molar-refractivity contribution in [3.8, 4) is 5.75 Å². The van der Waals surface area contributed by atoms with E-state index in [1.165, 1.54) is 70.1 Å². The van der Waals surface area contributed by atoms with Gasteiger partial charge in [-0.1, -0.05) is 72.6 Å². The zero-order chi connectivity index (χ0) is 25.1. The van der Waals surface area contributed by atoms with E-state index in [4.69, 9.17) is 9.47 Å². The van der Waals surface area contributed by atoms with E-state index in [-0.39, 0.29) is 11.6 Å². The molecule has 0 amide bonds. The van der Waals surface area contributed by atoms with Crippen molar-refractivity contribution in [2.45, 2.75) is 118 Å². The highest BCUT2D eigenvalue weighted by Crippen LogP contribution is 2.39. The molecule has 0 saturated carbocycles. The summed E-state index contributed by atoms with van der Waals surface area (Å²) in [5.41, 5.74) is 3.34. The number of benzene rings is 1. The number of carbonyl (C=O) groups is 1. The summed E-state index contributed by atoms with van der Waals surface area (Å²) in [6.45, 7) is 13.9. The van der Waals surface area contributed by atoms with E-state index in [0.717, 1.165) is 53.9 Å². The Bertz CT molecular complexity index is 794. The van der Waals surface area contributed by atoms with Gasteiger partial charge in [-0.15, -0.1) is 0 Å². The second-order valence-electron chi connectivity index (χ2n) is 11.6. The topological polar surface area (TPSA) is 35.5 Å². The lowest BCUT2D eigenvalue weighted by molar-refractivity contribution is -0.134. The van der Waals surface area contributed by atoms with Crippen molar-refractivity contribution in [3.63, 3.8) is 0 Å². The third-order valence-electron chi connectivity index (χ3n) is 7.53. The Balaban J connectivity index is 1.75. The first-order valence-electron chi connectivity index (χ1n) is 13.7. The molecule has 0 aliphatic carbocycles. The Hall–Kier alpha value is -1.77. The average Bonchev–Trinajstić information content (AvgIpc) is 2.77. The van der Waals surface area contributed by atoms with Gasteiger partial charge in [-0.3, -0.25) is 0 Å². The van der Waals surface area contributed by atoms with Gasteiger partial charge in [-0.2, -0.15) is 0 Å². The average molecular weight is 471 g/mol. The summed E-state index contributed by atoms with van der Waals surface area (Å²) >= 11 is 0. The number of rotatable bonds is 14. The normalized spacial score (nSPS) is 19.6. The summed E-state index contributed by atoms with van der Waals surface area (Å²) in [6, 6.07) is 4.24. The lowest BCUT2D eigenvalue weighted by atomic mass is 9.85. The fourth-order valence-corrected chi connectivity index (χ4v) is 5.21. The van der Waals surface area contributed by atoms with Crippen LogP contribution in [0.5, 0.6) is 5.75 Å². The first-order valence-corrected chi connectivity index (χ1v) is 13.7. The summed E-state index contributed by atoms with van der Waals surface area (Å²) in [5.74, 6) is 3.23. The minimum atomic E-state index is -0.329. The molecule has 34 heavy (non-hydrogen) atoms. The summed E-state index contributed by atoms with van der Waals surface area (Å²) in [4.78, 5) is 11.4. The fourth-order valence-electron chi connectivity index (χ4n) is 5.21. The number of fused-ring (bicyclic) bond motifs is 1. The first kappa shape index (κ1) is 28.5. The molecule has 0 N–H and O–H groups in total. The molecule has 1 aliphatic heterocycles. The Morgan fingerprint density at radius 3 is 2.26 bits per heavy atom. The minimum Gasteiger partial charge on any atom is -0.487 e. The molecule has 192 valence electrons. The van der Waals surface area contributed by atoms with Crippen LogP contribution in [0, 0.1) is 24.7 Å². The van der Waals surface area contributed by atoms with Gasteiger partial charge in [-0.25, -0.2) is 4.79 Å².